The first-order valence-corrected chi connectivity index (χ1v) is 12.1. The van der Waals surface area contributed by atoms with Crippen molar-refractivity contribution in [3.05, 3.63) is 64.1 Å². The van der Waals surface area contributed by atoms with Gasteiger partial charge in [-0.15, -0.1) is 11.3 Å². The normalized spacial score (nSPS) is 18.1. The lowest BCUT2D eigenvalue weighted by Crippen LogP contribution is -2.51. The zero-order valence-electron chi connectivity index (χ0n) is 19.9. The number of carboxylic acids is 1. The molecule has 0 unspecified atom stereocenters. The Hall–Kier alpha value is -3.43. The van der Waals surface area contributed by atoms with Crippen LogP contribution in [-0.2, 0) is 26.3 Å². The average molecular weight is 497 g/mol. The average Bonchev–Trinajstić information content (AvgIpc) is 3.53. The Bertz CT molecular complexity index is 1180. The van der Waals surface area contributed by atoms with Gasteiger partial charge in [-0.1, -0.05) is 30.3 Å². The Morgan fingerprint density at radius 3 is 2.37 bits per heavy atom. The van der Waals surface area contributed by atoms with Crippen LogP contribution >= 0.6 is 11.3 Å². The third-order valence-electron chi connectivity index (χ3n) is 6.07. The van der Waals surface area contributed by atoms with Gasteiger partial charge in [-0.2, -0.15) is 0 Å². The van der Waals surface area contributed by atoms with E-state index in [0.717, 1.165) is 21.6 Å². The summed E-state index contributed by atoms with van der Waals surface area (Å²) < 4.78 is 16.8. The van der Waals surface area contributed by atoms with E-state index in [1.54, 1.807) is 20.4 Å². The van der Waals surface area contributed by atoms with E-state index in [4.69, 9.17) is 14.2 Å². The van der Waals surface area contributed by atoms with Crippen LogP contribution in [0.25, 0.3) is 11.1 Å². The van der Waals surface area contributed by atoms with Crippen LogP contribution in [0.4, 0.5) is 0 Å². The highest BCUT2D eigenvalue weighted by Gasteiger charge is 2.48. The van der Waals surface area contributed by atoms with Crippen LogP contribution in [0.15, 0.2) is 48.7 Å². The van der Waals surface area contributed by atoms with Crippen molar-refractivity contribution < 1.29 is 28.9 Å². The molecule has 0 spiro atoms. The standard InChI is InChI=1S/C26H28N2O6S/c1-16-15-27-25(35-16)26(12-5-13-34-26)24(31)28-19(23(29)30)14-17-8-10-18(11-9-17)22-20(32-2)6-4-7-21(22)33-3/h4,6-11,15,19H,5,12-14H2,1-3H3,(H,28,31)(H,29,30)/t19-,26+/m0/s1. The van der Waals surface area contributed by atoms with Crippen molar-refractivity contribution in [3.8, 4) is 22.6 Å². The monoisotopic (exact) mass is 496 g/mol. The lowest BCUT2D eigenvalue weighted by atomic mass is 9.97. The molecule has 0 bridgehead atoms. The Balaban J connectivity index is 1.54. The maximum atomic E-state index is 13.3. The summed E-state index contributed by atoms with van der Waals surface area (Å²) in [5, 5.41) is 13.1. The fraction of sp³-hybridized carbons (Fsp3) is 0.346. The number of methoxy groups -OCH3 is 2. The van der Waals surface area contributed by atoms with E-state index in [1.807, 2.05) is 49.4 Å². The summed E-state index contributed by atoms with van der Waals surface area (Å²) in [6.45, 7) is 2.34. The number of nitrogens with zero attached hydrogens (tertiary/aromatic N) is 1. The minimum atomic E-state index is -1.24. The van der Waals surface area contributed by atoms with Crippen molar-refractivity contribution in [1.82, 2.24) is 10.3 Å². The quantitative estimate of drug-likeness (QED) is 0.462. The minimum absolute atomic E-state index is 0.122. The number of ether oxygens (including phenoxy) is 3. The molecule has 2 N–H and O–H groups in total. The van der Waals surface area contributed by atoms with E-state index in [1.165, 1.54) is 11.3 Å². The molecule has 1 aromatic heterocycles. The van der Waals surface area contributed by atoms with E-state index in [-0.39, 0.29) is 6.42 Å². The number of benzene rings is 2. The topological polar surface area (TPSA) is 107 Å². The van der Waals surface area contributed by atoms with Gasteiger partial charge in [0.25, 0.3) is 5.91 Å². The number of carbonyl (C=O) groups is 2. The maximum Gasteiger partial charge on any atom is 0.326 e. The van der Waals surface area contributed by atoms with Crippen LogP contribution in [0.2, 0.25) is 0 Å². The predicted octanol–water partition coefficient (Wildman–Crippen LogP) is 3.95. The molecule has 1 fully saturated rings. The molecule has 0 aliphatic carbocycles. The van der Waals surface area contributed by atoms with Crippen LogP contribution in [-0.4, -0.2) is 48.8 Å². The number of amides is 1. The molecule has 0 saturated carbocycles. The van der Waals surface area contributed by atoms with Crippen LogP contribution in [0.1, 0.15) is 28.3 Å². The SMILES string of the molecule is COc1cccc(OC)c1-c1ccc(C[C@H](NC(=O)[C@@]2(c3ncc(C)s3)CCCO2)C(=O)O)cc1. The van der Waals surface area contributed by atoms with E-state index in [2.05, 4.69) is 10.3 Å². The number of thiazole rings is 1. The van der Waals surface area contributed by atoms with E-state index in [9.17, 15) is 14.7 Å². The lowest BCUT2D eigenvalue weighted by Gasteiger charge is -2.27. The summed E-state index contributed by atoms with van der Waals surface area (Å²) in [4.78, 5) is 30.7. The van der Waals surface area contributed by atoms with Crippen LogP contribution in [0, 0.1) is 6.92 Å². The Morgan fingerprint density at radius 1 is 1.17 bits per heavy atom. The van der Waals surface area contributed by atoms with Gasteiger partial charge in [0, 0.05) is 24.1 Å². The molecule has 2 atom stereocenters. The molecular weight excluding hydrogens is 468 g/mol. The fourth-order valence-electron chi connectivity index (χ4n) is 4.28. The molecule has 8 nitrogen and oxygen atoms in total. The molecule has 35 heavy (non-hydrogen) atoms. The summed E-state index contributed by atoms with van der Waals surface area (Å²) >= 11 is 1.39. The molecular formula is C26H28N2O6S. The van der Waals surface area contributed by atoms with Gasteiger partial charge in [0.05, 0.1) is 19.8 Å². The number of hydrogen-bond acceptors (Lipinski definition) is 7. The third-order valence-corrected chi connectivity index (χ3v) is 7.12. The zero-order valence-corrected chi connectivity index (χ0v) is 20.7. The van der Waals surface area contributed by atoms with Gasteiger partial charge in [-0.3, -0.25) is 4.79 Å². The van der Waals surface area contributed by atoms with E-state index >= 15 is 0 Å². The minimum Gasteiger partial charge on any atom is -0.496 e. The van der Waals surface area contributed by atoms with Gasteiger partial charge in [0.2, 0.25) is 0 Å². The molecule has 1 aliphatic rings. The van der Waals surface area contributed by atoms with Gasteiger partial charge in [0.1, 0.15) is 22.5 Å². The summed E-state index contributed by atoms with van der Waals surface area (Å²) in [7, 11) is 3.20. The first kappa shape index (κ1) is 24.7. The van der Waals surface area contributed by atoms with Crippen molar-refractivity contribution >= 4 is 23.2 Å². The molecule has 9 heteroatoms. The lowest BCUT2D eigenvalue weighted by molar-refractivity contribution is -0.149. The summed E-state index contributed by atoms with van der Waals surface area (Å²) in [6, 6.07) is 11.9. The molecule has 184 valence electrons. The van der Waals surface area contributed by atoms with Gasteiger partial charge in [0.15, 0.2) is 5.60 Å². The predicted molar refractivity (Wildman–Crippen MR) is 132 cm³/mol. The Kier molecular flexibility index (Phi) is 7.37. The number of aryl methyl sites for hydroxylation is 1. The summed E-state index contributed by atoms with van der Waals surface area (Å²) in [5.74, 6) is -0.233. The van der Waals surface area contributed by atoms with Crippen molar-refractivity contribution in [1.29, 1.82) is 0 Å². The number of hydrogen-bond donors (Lipinski definition) is 2. The van der Waals surface area contributed by atoms with Crippen LogP contribution in [0.3, 0.4) is 0 Å². The largest absolute Gasteiger partial charge is 0.496 e. The third kappa shape index (κ3) is 5.01. The van der Waals surface area contributed by atoms with Gasteiger partial charge >= 0.3 is 5.97 Å². The van der Waals surface area contributed by atoms with Crippen molar-refractivity contribution in [3.63, 3.8) is 0 Å². The summed E-state index contributed by atoms with van der Waals surface area (Å²) in [5.41, 5.74) is 1.21. The maximum absolute atomic E-state index is 13.3. The van der Waals surface area contributed by atoms with Crippen molar-refractivity contribution in [2.75, 3.05) is 20.8 Å². The Labute approximate surface area is 207 Å². The molecule has 2 aromatic carbocycles. The smallest absolute Gasteiger partial charge is 0.326 e. The molecule has 1 saturated heterocycles. The number of carboxylic acid groups (broad SMARTS) is 1. The highest BCUT2D eigenvalue weighted by Crippen LogP contribution is 2.39. The number of aromatic nitrogens is 1. The molecule has 3 aromatic rings. The molecule has 1 aliphatic heterocycles. The molecule has 2 heterocycles. The fourth-order valence-corrected chi connectivity index (χ4v) is 5.21. The van der Waals surface area contributed by atoms with Crippen molar-refractivity contribution in [2.45, 2.75) is 37.8 Å². The van der Waals surface area contributed by atoms with Gasteiger partial charge < -0.3 is 24.6 Å². The highest BCUT2D eigenvalue weighted by molar-refractivity contribution is 7.11. The van der Waals surface area contributed by atoms with Crippen molar-refractivity contribution in [2.24, 2.45) is 0 Å². The van der Waals surface area contributed by atoms with E-state index in [0.29, 0.717) is 36.0 Å². The molecule has 0 radical (unpaired) electrons. The van der Waals surface area contributed by atoms with Gasteiger partial charge in [-0.25, -0.2) is 9.78 Å². The van der Waals surface area contributed by atoms with Gasteiger partial charge in [-0.05, 0) is 43.0 Å². The first-order chi connectivity index (χ1) is 16.9. The number of nitrogens with one attached hydrogen (secondary N) is 1. The van der Waals surface area contributed by atoms with E-state index < -0.39 is 23.5 Å². The number of carbonyl (C=O) groups excluding carboxylic acids is 1. The highest BCUT2D eigenvalue weighted by atomic mass is 32.1. The van der Waals surface area contributed by atoms with Crippen LogP contribution in [0.5, 0.6) is 11.5 Å². The second kappa shape index (κ2) is 10.5. The first-order valence-electron chi connectivity index (χ1n) is 11.3. The summed E-state index contributed by atoms with van der Waals surface area (Å²) in [6.07, 6.45) is 2.99. The second-order valence-electron chi connectivity index (χ2n) is 8.36. The number of rotatable bonds is 9. The van der Waals surface area contributed by atoms with Crippen LogP contribution < -0.4 is 14.8 Å². The number of aliphatic carboxylic acids is 1. The molecule has 4 rings (SSSR count). The molecule has 1 amide bonds. The Morgan fingerprint density at radius 2 is 1.86 bits per heavy atom. The second-order valence-corrected chi connectivity index (χ2v) is 9.59. The zero-order chi connectivity index (χ0) is 25.0.